The van der Waals surface area contributed by atoms with Gasteiger partial charge in [0, 0.05) is 45.5 Å². The first-order chi connectivity index (χ1) is 12.7. The van der Waals surface area contributed by atoms with Gasteiger partial charge in [-0.3, -0.25) is 4.79 Å². The predicted molar refractivity (Wildman–Crippen MR) is 99.5 cm³/mol. The standard InChI is InChI=1S/C19H25N5O2/c1-15-5-8-24(9-6-15)19-20-7-4-17(21-19)22-10-12-23(13-11-22)18(25)16-3-2-14-26-16/h2-4,7,14-15H,5-6,8-13H2,1H3. The van der Waals surface area contributed by atoms with Crippen LogP contribution in [0.15, 0.2) is 35.1 Å². The summed E-state index contributed by atoms with van der Waals surface area (Å²) in [4.78, 5) is 28.0. The highest BCUT2D eigenvalue weighted by molar-refractivity contribution is 5.91. The summed E-state index contributed by atoms with van der Waals surface area (Å²) in [6.45, 7) is 7.21. The Kier molecular flexibility index (Phi) is 4.77. The molecule has 7 nitrogen and oxygen atoms in total. The summed E-state index contributed by atoms with van der Waals surface area (Å²) in [5.41, 5.74) is 0. The molecular formula is C19H25N5O2. The average molecular weight is 355 g/mol. The topological polar surface area (TPSA) is 65.7 Å². The van der Waals surface area contributed by atoms with Crippen LogP contribution in [0.3, 0.4) is 0 Å². The van der Waals surface area contributed by atoms with Crippen molar-refractivity contribution in [2.45, 2.75) is 19.8 Å². The molecule has 2 aliphatic rings. The number of carbonyl (C=O) groups excluding carboxylic acids is 1. The molecule has 4 rings (SSSR count). The Balaban J connectivity index is 1.38. The quantitative estimate of drug-likeness (QED) is 0.841. The molecule has 0 radical (unpaired) electrons. The van der Waals surface area contributed by atoms with Gasteiger partial charge in [0.2, 0.25) is 5.95 Å². The first-order valence-electron chi connectivity index (χ1n) is 9.36. The number of anilines is 2. The number of furan rings is 1. The van der Waals surface area contributed by atoms with Gasteiger partial charge in [-0.15, -0.1) is 0 Å². The zero-order valence-corrected chi connectivity index (χ0v) is 15.2. The van der Waals surface area contributed by atoms with E-state index < -0.39 is 0 Å². The first-order valence-corrected chi connectivity index (χ1v) is 9.36. The fraction of sp³-hybridized carbons (Fsp3) is 0.526. The second-order valence-electron chi connectivity index (χ2n) is 7.14. The molecular weight excluding hydrogens is 330 g/mol. The number of piperidine rings is 1. The maximum Gasteiger partial charge on any atom is 0.289 e. The van der Waals surface area contributed by atoms with Gasteiger partial charge in [-0.1, -0.05) is 6.92 Å². The molecule has 4 heterocycles. The highest BCUT2D eigenvalue weighted by Crippen LogP contribution is 2.22. The number of amides is 1. The first kappa shape index (κ1) is 16.9. The van der Waals surface area contributed by atoms with Crippen LogP contribution in [0.1, 0.15) is 30.3 Å². The molecule has 2 aliphatic heterocycles. The summed E-state index contributed by atoms with van der Waals surface area (Å²) in [6.07, 6.45) is 5.77. The molecule has 0 spiro atoms. The van der Waals surface area contributed by atoms with Crippen LogP contribution >= 0.6 is 0 Å². The van der Waals surface area contributed by atoms with Crippen molar-refractivity contribution in [3.05, 3.63) is 36.4 Å². The van der Waals surface area contributed by atoms with Crippen LogP contribution in [0.5, 0.6) is 0 Å². The largest absolute Gasteiger partial charge is 0.459 e. The maximum atomic E-state index is 12.4. The number of rotatable bonds is 3. The Bertz CT molecular complexity index is 732. The summed E-state index contributed by atoms with van der Waals surface area (Å²) >= 11 is 0. The van der Waals surface area contributed by atoms with E-state index in [9.17, 15) is 4.79 Å². The average Bonchev–Trinajstić information content (AvgIpc) is 3.23. The van der Waals surface area contributed by atoms with Crippen LogP contribution in [-0.2, 0) is 0 Å². The van der Waals surface area contributed by atoms with Crippen molar-refractivity contribution in [3.8, 4) is 0 Å². The van der Waals surface area contributed by atoms with Crippen molar-refractivity contribution in [1.29, 1.82) is 0 Å². The van der Waals surface area contributed by atoms with Gasteiger partial charge < -0.3 is 19.1 Å². The lowest BCUT2D eigenvalue weighted by Gasteiger charge is -2.35. The molecule has 2 saturated heterocycles. The highest BCUT2D eigenvalue weighted by atomic mass is 16.3. The second kappa shape index (κ2) is 7.35. The van der Waals surface area contributed by atoms with Crippen molar-refractivity contribution in [2.75, 3.05) is 49.1 Å². The Morgan fingerprint density at radius 1 is 1.08 bits per heavy atom. The summed E-state index contributed by atoms with van der Waals surface area (Å²) in [5, 5.41) is 0. The lowest BCUT2D eigenvalue weighted by molar-refractivity contribution is 0.0714. The van der Waals surface area contributed by atoms with Gasteiger partial charge in [0.1, 0.15) is 5.82 Å². The molecule has 138 valence electrons. The van der Waals surface area contributed by atoms with Gasteiger partial charge in [0.15, 0.2) is 5.76 Å². The van der Waals surface area contributed by atoms with E-state index in [0.29, 0.717) is 18.8 Å². The third kappa shape index (κ3) is 3.52. The van der Waals surface area contributed by atoms with E-state index in [-0.39, 0.29) is 5.91 Å². The molecule has 7 heteroatoms. The molecule has 1 amide bonds. The van der Waals surface area contributed by atoms with Crippen molar-refractivity contribution in [3.63, 3.8) is 0 Å². The predicted octanol–water partition coefficient (Wildman–Crippen LogP) is 2.27. The second-order valence-corrected chi connectivity index (χ2v) is 7.14. The highest BCUT2D eigenvalue weighted by Gasteiger charge is 2.25. The third-order valence-corrected chi connectivity index (χ3v) is 5.32. The Morgan fingerprint density at radius 3 is 2.54 bits per heavy atom. The summed E-state index contributed by atoms with van der Waals surface area (Å²) in [5.74, 6) is 2.92. The molecule has 2 aromatic rings. The molecule has 2 aromatic heterocycles. The van der Waals surface area contributed by atoms with Crippen molar-refractivity contribution in [2.24, 2.45) is 5.92 Å². The molecule has 0 bridgehead atoms. The summed E-state index contributed by atoms with van der Waals surface area (Å²) in [6, 6.07) is 5.41. The summed E-state index contributed by atoms with van der Waals surface area (Å²) < 4.78 is 5.22. The van der Waals surface area contributed by atoms with E-state index in [2.05, 4.69) is 21.7 Å². The number of carbonyl (C=O) groups is 1. The van der Waals surface area contributed by atoms with Crippen LogP contribution in [0, 0.1) is 5.92 Å². The summed E-state index contributed by atoms with van der Waals surface area (Å²) in [7, 11) is 0. The minimum atomic E-state index is -0.0412. The molecule has 0 saturated carbocycles. The normalized spacial score (nSPS) is 19.0. The van der Waals surface area contributed by atoms with Gasteiger partial charge in [-0.25, -0.2) is 4.98 Å². The Labute approximate surface area is 153 Å². The van der Waals surface area contributed by atoms with Gasteiger partial charge in [-0.2, -0.15) is 4.98 Å². The van der Waals surface area contributed by atoms with Crippen LogP contribution in [0.4, 0.5) is 11.8 Å². The van der Waals surface area contributed by atoms with E-state index >= 15 is 0 Å². The SMILES string of the molecule is CC1CCN(c2nccc(N3CCN(C(=O)c4ccco4)CC3)n2)CC1. The minimum Gasteiger partial charge on any atom is -0.459 e. The fourth-order valence-corrected chi connectivity index (χ4v) is 3.57. The van der Waals surface area contributed by atoms with E-state index in [1.165, 1.54) is 19.1 Å². The molecule has 2 fully saturated rings. The Morgan fingerprint density at radius 2 is 1.85 bits per heavy atom. The number of aromatic nitrogens is 2. The van der Waals surface area contributed by atoms with E-state index in [4.69, 9.17) is 9.40 Å². The van der Waals surface area contributed by atoms with Crippen LogP contribution in [0.25, 0.3) is 0 Å². The Hall–Kier alpha value is -2.57. The fourth-order valence-electron chi connectivity index (χ4n) is 3.57. The zero-order valence-electron chi connectivity index (χ0n) is 15.2. The number of hydrogen-bond acceptors (Lipinski definition) is 6. The third-order valence-electron chi connectivity index (χ3n) is 5.32. The molecule has 26 heavy (non-hydrogen) atoms. The van der Waals surface area contributed by atoms with Gasteiger partial charge >= 0.3 is 0 Å². The van der Waals surface area contributed by atoms with E-state index in [0.717, 1.165) is 43.9 Å². The van der Waals surface area contributed by atoms with Crippen molar-refractivity contribution < 1.29 is 9.21 Å². The maximum absolute atomic E-state index is 12.4. The number of piperazine rings is 1. The lowest BCUT2D eigenvalue weighted by atomic mass is 10.00. The number of nitrogens with zero attached hydrogens (tertiary/aromatic N) is 5. The van der Waals surface area contributed by atoms with Crippen LogP contribution < -0.4 is 9.80 Å². The number of hydrogen-bond donors (Lipinski definition) is 0. The molecule has 0 N–H and O–H groups in total. The van der Waals surface area contributed by atoms with Gasteiger partial charge in [0.25, 0.3) is 5.91 Å². The molecule has 0 unspecified atom stereocenters. The van der Waals surface area contributed by atoms with Crippen molar-refractivity contribution >= 4 is 17.7 Å². The molecule has 0 atom stereocenters. The molecule has 0 aliphatic carbocycles. The zero-order chi connectivity index (χ0) is 17.9. The van der Waals surface area contributed by atoms with Crippen LogP contribution in [-0.4, -0.2) is 60.0 Å². The smallest absolute Gasteiger partial charge is 0.289 e. The molecule has 0 aromatic carbocycles. The van der Waals surface area contributed by atoms with Gasteiger partial charge in [0.05, 0.1) is 6.26 Å². The van der Waals surface area contributed by atoms with Crippen LogP contribution in [0.2, 0.25) is 0 Å². The van der Waals surface area contributed by atoms with E-state index in [1.54, 1.807) is 12.1 Å². The monoisotopic (exact) mass is 355 g/mol. The van der Waals surface area contributed by atoms with Crippen molar-refractivity contribution in [1.82, 2.24) is 14.9 Å². The van der Waals surface area contributed by atoms with E-state index in [1.807, 2.05) is 17.2 Å². The lowest BCUT2D eigenvalue weighted by Crippen LogP contribution is -2.49. The minimum absolute atomic E-state index is 0.0412. The van der Waals surface area contributed by atoms with Gasteiger partial charge in [-0.05, 0) is 37.0 Å².